The quantitative estimate of drug-likeness (QED) is 0.472. The summed E-state index contributed by atoms with van der Waals surface area (Å²) in [6, 6.07) is 9.22. The molecule has 0 radical (unpaired) electrons. The molecule has 2 heterocycles. The molecule has 0 saturated carbocycles. The molecule has 0 unspecified atom stereocenters. The van der Waals surface area contributed by atoms with E-state index >= 15 is 0 Å². The standard InChI is InChI=1S/C18H19ClN6O/c19-12-3-1-4-13(7-12)24-17-11-21-10-16(25-17)15-8-14(9-23-18(15)20)22-5-2-6-26/h1,3-4,7-11,22,26H,2,5-6H2,(H2,20,23)(H,24,25). The fourth-order valence-electron chi connectivity index (χ4n) is 2.36. The predicted octanol–water partition coefficient (Wildman–Crippen LogP) is 3.31. The van der Waals surface area contributed by atoms with Crippen molar-refractivity contribution in [2.24, 2.45) is 0 Å². The van der Waals surface area contributed by atoms with E-state index in [4.69, 9.17) is 22.4 Å². The van der Waals surface area contributed by atoms with Crippen LogP contribution >= 0.6 is 11.6 Å². The van der Waals surface area contributed by atoms with Crippen LogP contribution in [0, 0.1) is 0 Å². The van der Waals surface area contributed by atoms with Crippen LogP contribution in [0.1, 0.15) is 6.42 Å². The summed E-state index contributed by atoms with van der Waals surface area (Å²) in [5, 5.41) is 15.9. The zero-order chi connectivity index (χ0) is 18.4. The van der Waals surface area contributed by atoms with E-state index in [1.807, 2.05) is 18.2 Å². The lowest BCUT2D eigenvalue weighted by molar-refractivity contribution is 0.292. The fourth-order valence-corrected chi connectivity index (χ4v) is 2.55. The lowest BCUT2D eigenvalue weighted by Crippen LogP contribution is -2.05. The van der Waals surface area contributed by atoms with Gasteiger partial charge in [-0.05, 0) is 30.7 Å². The first kappa shape index (κ1) is 17.9. The minimum Gasteiger partial charge on any atom is -0.396 e. The first-order valence-electron chi connectivity index (χ1n) is 8.11. The summed E-state index contributed by atoms with van der Waals surface area (Å²) < 4.78 is 0. The van der Waals surface area contributed by atoms with Crippen molar-refractivity contribution in [1.29, 1.82) is 0 Å². The number of nitrogen functional groups attached to an aromatic ring is 1. The molecule has 134 valence electrons. The minimum atomic E-state index is 0.130. The number of hydrogen-bond donors (Lipinski definition) is 4. The second-order valence-electron chi connectivity index (χ2n) is 5.59. The molecule has 7 nitrogen and oxygen atoms in total. The number of halogens is 1. The molecule has 1 aromatic carbocycles. The minimum absolute atomic E-state index is 0.130. The number of nitrogens with one attached hydrogen (secondary N) is 2. The first-order chi connectivity index (χ1) is 12.7. The molecule has 8 heteroatoms. The highest BCUT2D eigenvalue weighted by atomic mass is 35.5. The topological polar surface area (TPSA) is 109 Å². The first-order valence-corrected chi connectivity index (χ1v) is 8.49. The highest BCUT2D eigenvalue weighted by Gasteiger charge is 2.09. The largest absolute Gasteiger partial charge is 0.396 e. The van der Waals surface area contributed by atoms with Gasteiger partial charge in [0.25, 0.3) is 0 Å². The van der Waals surface area contributed by atoms with E-state index in [0.717, 1.165) is 11.4 Å². The van der Waals surface area contributed by atoms with Crippen LogP contribution in [0.5, 0.6) is 0 Å². The lowest BCUT2D eigenvalue weighted by Gasteiger charge is -2.11. The average Bonchev–Trinajstić information content (AvgIpc) is 2.63. The van der Waals surface area contributed by atoms with Crippen LogP contribution < -0.4 is 16.4 Å². The van der Waals surface area contributed by atoms with Crippen LogP contribution in [0.3, 0.4) is 0 Å². The van der Waals surface area contributed by atoms with Crippen LogP contribution in [-0.4, -0.2) is 33.2 Å². The smallest absolute Gasteiger partial charge is 0.149 e. The molecule has 0 aliphatic carbocycles. The Morgan fingerprint density at radius 2 is 2.00 bits per heavy atom. The van der Waals surface area contributed by atoms with Gasteiger partial charge >= 0.3 is 0 Å². The number of benzene rings is 1. The molecular weight excluding hydrogens is 352 g/mol. The van der Waals surface area contributed by atoms with Gasteiger partial charge in [-0.25, -0.2) is 9.97 Å². The lowest BCUT2D eigenvalue weighted by atomic mass is 10.2. The van der Waals surface area contributed by atoms with Gasteiger partial charge in [-0.2, -0.15) is 0 Å². The normalized spacial score (nSPS) is 10.5. The number of aliphatic hydroxyl groups is 1. The molecule has 0 saturated heterocycles. The number of nitrogens with two attached hydrogens (primary N) is 1. The Bertz CT molecular complexity index is 889. The van der Waals surface area contributed by atoms with Crippen molar-refractivity contribution in [3.05, 3.63) is 53.9 Å². The van der Waals surface area contributed by atoms with Gasteiger partial charge in [0.1, 0.15) is 11.6 Å². The van der Waals surface area contributed by atoms with Gasteiger partial charge in [0, 0.05) is 29.4 Å². The third-order valence-electron chi connectivity index (χ3n) is 3.59. The van der Waals surface area contributed by atoms with Gasteiger partial charge in [0.2, 0.25) is 0 Å². The van der Waals surface area contributed by atoms with Gasteiger partial charge in [0.15, 0.2) is 0 Å². The summed E-state index contributed by atoms with van der Waals surface area (Å²) in [7, 11) is 0. The number of pyridine rings is 1. The van der Waals surface area contributed by atoms with Crippen molar-refractivity contribution in [3.8, 4) is 11.3 Å². The maximum atomic E-state index is 8.88. The Hall–Kier alpha value is -2.90. The van der Waals surface area contributed by atoms with Crippen molar-refractivity contribution in [3.63, 3.8) is 0 Å². The number of aliphatic hydroxyl groups excluding tert-OH is 1. The van der Waals surface area contributed by atoms with Crippen molar-refractivity contribution in [2.45, 2.75) is 6.42 Å². The summed E-state index contributed by atoms with van der Waals surface area (Å²) in [6.07, 6.45) is 5.56. The molecule has 3 aromatic rings. The summed E-state index contributed by atoms with van der Waals surface area (Å²) in [4.78, 5) is 13.0. The van der Waals surface area contributed by atoms with E-state index in [1.165, 1.54) is 0 Å². The molecule has 0 spiro atoms. The second-order valence-corrected chi connectivity index (χ2v) is 6.02. The van der Waals surface area contributed by atoms with Crippen molar-refractivity contribution in [2.75, 3.05) is 29.5 Å². The number of hydrogen-bond acceptors (Lipinski definition) is 7. The fraction of sp³-hybridized carbons (Fsp3) is 0.167. The number of nitrogens with zero attached hydrogens (tertiary/aromatic N) is 3. The second kappa shape index (κ2) is 8.46. The van der Waals surface area contributed by atoms with Crippen LogP contribution in [0.25, 0.3) is 11.3 Å². The van der Waals surface area contributed by atoms with E-state index in [2.05, 4.69) is 25.6 Å². The highest BCUT2D eigenvalue weighted by Crippen LogP contribution is 2.27. The number of rotatable bonds is 7. The molecular formula is C18H19ClN6O. The van der Waals surface area contributed by atoms with Crippen molar-refractivity contribution >= 4 is 34.6 Å². The van der Waals surface area contributed by atoms with Gasteiger partial charge in [-0.1, -0.05) is 17.7 Å². The molecule has 0 atom stereocenters. The van der Waals surface area contributed by atoms with E-state index < -0.39 is 0 Å². The third kappa shape index (κ3) is 4.59. The van der Waals surface area contributed by atoms with Crippen LogP contribution in [0.4, 0.5) is 23.0 Å². The zero-order valence-electron chi connectivity index (χ0n) is 14.0. The van der Waals surface area contributed by atoms with E-state index in [9.17, 15) is 0 Å². The van der Waals surface area contributed by atoms with Crippen molar-refractivity contribution < 1.29 is 5.11 Å². The van der Waals surface area contributed by atoms with Crippen LogP contribution in [0.2, 0.25) is 5.02 Å². The summed E-state index contributed by atoms with van der Waals surface area (Å²) in [5.74, 6) is 0.940. The van der Waals surface area contributed by atoms with E-state index in [0.29, 0.717) is 40.9 Å². The molecule has 0 bridgehead atoms. The predicted molar refractivity (Wildman–Crippen MR) is 105 cm³/mol. The Morgan fingerprint density at radius 1 is 1.12 bits per heavy atom. The monoisotopic (exact) mass is 370 g/mol. The molecule has 0 fully saturated rings. The Kier molecular flexibility index (Phi) is 5.83. The maximum Gasteiger partial charge on any atom is 0.149 e. The Balaban J connectivity index is 1.84. The molecule has 26 heavy (non-hydrogen) atoms. The number of aromatic nitrogens is 3. The molecule has 0 aliphatic rings. The van der Waals surface area contributed by atoms with Gasteiger partial charge < -0.3 is 21.5 Å². The summed E-state index contributed by atoms with van der Waals surface area (Å²) in [5.41, 5.74) is 8.92. The maximum absolute atomic E-state index is 8.88. The van der Waals surface area contributed by atoms with Gasteiger partial charge in [-0.15, -0.1) is 0 Å². The van der Waals surface area contributed by atoms with Crippen molar-refractivity contribution in [1.82, 2.24) is 15.0 Å². The Morgan fingerprint density at radius 3 is 2.81 bits per heavy atom. The van der Waals surface area contributed by atoms with Gasteiger partial charge in [0.05, 0.1) is 30.0 Å². The van der Waals surface area contributed by atoms with E-state index in [-0.39, 0.29) is 6.61 Å². The van der Waals surface area contributed by atoms with Gasteiger partial charge in [-0.3, -0.25) is 4.98 Å². The van der Waals surface area contributed by atoms with Crippen LogP contribution in [-0.2, 0) is 0 Å². The number of anilines is 4. The molecule has 0 aliphatic heterocycles. The summed E-state index contributed by atoms with van der Waals surface area (Å²) >= 11 is 6.01. The Labute approximate surface area is 156 Å². The molecule has 2 aromatic heterocycles. The third-order valence-corrected chi connectivity index (χ3v) is 3.83. The highest BCUT2D eigenvalue weighted by molar-refractivity contribution is 6.30. The van der Waals surface area contributed by atoms with Crippen LogP contribution in [0.15, 0.2) is 48.9 Å². The van der Waals surface area contributed by atoms with E-state index in [1.54, 1.807) is 30.7 Å². The molecule has 0 amide bonds. The zero-order valence-corrected chi connectivity index (χ0v) is 14.7. The SMILES string of the molecule is Nc1ncc(NCCCO)cc1-c1cncc(Nc2cccc(Cl)c2)n1. The molecule has 3 rings (SSSR count). The summed E-state index contributed by atoms with van der Waals surface area (Å²) in [6.45, 7) is 0.772. The molecule has 5 N–H and O–H groups in total. The average molecular weight is 371 g/mol.